The Labute approximate surface area is 477 Å². The fourth-order valence-electron chi connectivity index (χ4n) is 11.3. The summed E-state index contributed by atoms with van der Waals surface area (Å²) >= 11 is 0. The van der Waals surface area contributed by atoms with E-state index in [1.807, 2.05) is 0 Å². The summed E-state index contributed by atoms with van der Waals surface area (Å²) in [6.07, 6.45) is -21.1. The van der Waals surface area contributed by atoms with Crippen LogP contribution in [0.15, 0.2) is 115 Å². The molecule has 16 N–H and O–H groups in total. The van der Waals surface area contributed by atoms with Crippen LogP contribution in [0.1, 0.15) is 68.6 Å². The van der Waals surface area contributed by atoms with E-state index in [9.17, 15) is 81.7 Å². The SMILES string of the molecule is OC[C@H]1O[C@@H](Oc2ccc(C=Cc3cc(O)c4c(c3)O[C@@H](c3ccc(O[C@@H]5O[C@H](CO)[C@@H](O)[C@H](O)[C@H]5O)cc3)[C@@H]4c3cc(O)c4c(c3)O[C@@H](c3ccc(O[C@@H]5O[C@H](CO)[C@@H](O)[C@H](O)[C@H]5O)cc3)[C@@H]4c3cc(O)cc(O)c3)cc2)[C@H](O)[C@@H](O)[C@@H]1O. The number of benzene rings is 6. The molecule has 6 aromatic rings. The fraction of sp³-hybridized carbons (Fsp3) is 0.367. The summed E-state index contributed by atoms with van der Waals surface area (Å²) in [7, 11) is 0. The molecule has 0 saturated carbocycles. The minimum absolute atomic E-state index is 0.157. The highest BCUT2D eigenvalue weighted by molar-refractivity contribution is 5.73. The topological polar surface area (TPSA) is 398 Å². The van der Waals surface area contributed by atoms with Gasteiger partial charge in [0.05, 0.1) is 31.7 Å². The van der Waals surface area contributed by atoms with Crippen LogP contribution in [0.2, 0.25) is 0 Å². The Morgan fingerprint density at radius 3 is 1.12 bits per heavy atom. The second-order valence-electron chi connectivity index (χ2n) is 21.2. The summed E-state index contributed by atoms with van der Waals surface area (Å²) in [5.74, 6) is -1.76. The molecule has 5 heterocycles. The Morgan fingerprint density at radius 2 is 0.714 bits per heavy atom. The molecule has 0 radical (unpaired) electrons. The molecular weight excluding hydrogens is 1100 g/mol. The standard InChI is InChI=1S/C60H62O24/c61-22-40-47(68)50(71)53(74)58(82-40)77-33-9-3-25(4-10-33)1-2-26-15-36(66)45-38(16-26)80-57(28-7-13-35(14-8-28)79-60-55(76)52(73)49(70)42(24-63)84-60)44(45)30-19-37(67)46-39(20-30)81-56(43(46)29-17-31(64)21-32(65)18-29)27-5-11-34(12-6-27)78-59-54(75)51(72)48(69)41(23-62)83-59/h1-21,40-44,47-76H,22-24H2/t40-,41-,42-,43-,44-,47-,48-,49-,50+,51+,52+,53-,54-,55-,56+,57+,58-,59-,60-/m1/s1. The minimum atomic E-state index is -1.69. The van der Waals surface area contributed by atoms with E-state index < -0.39 is 136 Å². The Hall–Kier alpha value is -7.34. The number of phenolic OH excluding ortho intramolecular Hbond substituents is 4. The van der Waals surface area contributed by atoms with Gasteiger partial charge in [-0.3, -0.25) is 0 Å². The zero-order valence-corrected chi connectivity index (χ0v) is 44.1. The first-order valence-electron chi connectivity index (χ1n) is 26.8. The first-order chi connectivity index (χ1) is 40.3. The maximum Gasteiger partial charge on any atom is 0.229 e. The van der Waals surface area contributed by atoms with Crippen molar-refractivity contribution in [1.82, 2.24) is 0 Å². The Balaban J connectivity index is 0.913. The molecule has 3 fully saturated rings. The van der Waals surface area contributed by atoms with E-state index in [1.54, 1.807) is 72.8 Å². The number of hydrogen-bond donors (Lipinski definition) is 16. The van der Waals surface area contributed by atoms with Gasteiger partial charge in [-0.25, -0.2) is 0 Å². The van der Waals surface area contributed by atoms with Crippen LogP contribution < -0.4 is 23.7 Å². The summed E-state index contributed by atoms with van der Waals surface area (Å²) in [4.78, 5) is 0. The lowest BCUT2D eigenvalue weighted by Gasteiger charge is -2.39. The molecule has 5 aliphatic rings. The zero-order chi connectivity index (χ0) is 59.4. The molecule has 0 spiro atoms. The maximum absolute atomic E-state index is 12.3. The van der Waals surface area contributed by atoms with Crippen molar-refractivity contribution in [3.63, 3.8) is 0 Å². The second kappa shape index (κ2) is 24.0. The van der Waals surface area contributed by atoms with Gasteiger partial charge in [0.15, 0.2) is 0 Å². The zero-order valence-electron chi connectivity index (χ0n) is 44.1. The first kappa shape index (κ1) is 58.4. The van der Waals surface area contributed by atoms with Gasteiger partial charge in [-0.2, -0.15) is 0 Å². The number of aliphatic hydroxyl groups excluding tert-OH is 12. The molecule has 446 valence electrons. The highest BCUT2D eigenvalue weighted by Crippen LogP contribution is 2.59. The van der Waals surface area contributed by atoms with Gasteiger partial charge in [-0.1, -0.05) is 48.6 Å². The lowest BCUT2D eigenvalue weighted by Crippen LogP contribution is -2.60. The van der Waals surface area contributed by atoms with Crippen molar-refractivity contribution in [2.45, 2.75) is 116 Å². The number of hydrogen-bond acceptors (Lipinski definition) is 24. The van der Waals surface area contributed by atoms with Crippen molar-refractivity contribution in [2.75, 3.05) is 19.8 Å². The van der Waals surface area contributed by atoms with Crippen LogP contribution in [0.25, 0.3) is 12.2 Å². The molecule has 84 heavy (non-hydrogen) atoms. The Morgan fingerprint density at radius 1 is 0.357 bits per heavy atom. The molecule has 6 aromatic carbocycles. The van der Waals surface area contributed by atoms with Crippen LogP contribution in [0.4, 0.5) is 0 Å². The molecule has 24 heteroatoms. The summed E-state index contributed by atoms with van der Waals surface area (Å²) in [5, 5.41) is 168. The van der Waals surface area contributed by atoms with Gasteiger partial charge in [0, 0.05) is 17.2 Å². The molecule has 0 aromatic heterocycles. The fourth-order valence-corrected chi connectivity index (χ4v) is 11.3. The van der Waals surface area contributed by atoms with Gasteiger partial charge < -0.3 is 120 Å². The van der Waals surface area contributed by atoms with Gasteiger partial charge in [-0.15, -0.1) is 0 Å². The molecule has 0 unspecified atom stereocenters. The summed E-state index contributed by atoms with van der Waals surface area (Å²) in [6.45, 7) is -1.96. The first-order valence-corrected chi connectivity index (χ1v) is 26.8. The van der Waals surface area contributed by atoms with E-state index in [4.69, 9.17) is 37.9 Å². The number of aliphatic hydroxyl groups is 12. The minimum Gasteiger partial charge on any atom is -0.508 e. The molecular formula is C60H62O24. The van der Waals surface area contributed by atoms with Crippen LogP contribution in [0.3, 0.4) is 0 Å². The monoisotopic (exact) mass is 1170 g/mol. The lowest BCUT2D eigenvalue weighted by molar-refractivity contribution is -0.277. The number of aromatic hydroxyl groups is 4. The quantitative estimate of drug-likeness (QED) is 0.0631. The van der Waals surface area contributed by atoms with Gasteiger partial charge >= 0.3 is 0 Å². The van der Waals surface area contributed by atoms with E-state index in [2.05, 4.69) is 0 Å². The summed E-state index contributed by atoms with van der Waals surface area (Å²) in [5.41, 5.74) is 3.57. The van der Waals surface area contributed by atoms with Crippen molar-refractivity contribution in [3.05, 3.63) is 160 Å². The van der Waals surface area contributed by atoms with Crippen LogP contribution >= 0.6 is 0 Å². The average molecular weight is 1170 g/mol. The molecule has 19 atom stereocenters. The second-order valence-corrected chi connectivity index (χ2v) is 21.2. The predicted octanol–water partition coefficient (Wildman–Crippen LogP) is 0.747. The van der Waals surface area contributed by atoms with E-state index >= 15 is 0 Å². The average Bonchev–Trinajstić information content (AvgIpc) is 2.81. The van der Waals surface area contributed by atoms with Gasteiger partial charge in [-0.05, 0) is 106 Å². The number of ether oxygens (including phenoxy) is 8. The molecule has 11 rings (SSSR count). The predicted molar refractivity (Wildman–Crippen MR) is 288 cm³/mol. The highest BCUT2D eigenvalue weighted by atomic mass is 16.7. The van der Waals surface area contributed by atoms with Crippen LogP contribution in [-0.4, -0.2) is 194 Å². The molecule has 0 aliphatic carbocycles. The number of phenols is 4. The van der Waals surface area contributed by atoms with Crippen LogP contribution in [0.5, 0.6) is 51.7 Å². The van der Waals surface area contributed by atoms with E-state index in [1.165, 1.54) is 48.5 Å². The molecule has 0 bridgehead atoms. The van der Waals surface area contributed by atoms with Crippen molar-refractivity contribution in [1.29, 1.82) is 0 Å². The van der Waals surface area contributed by atoms with E-state index in [-0.39, 0.29) is 57.3 Å². The Kier molecular flexibility index (Phi) is 16.7. The smallest absolute Gasteiger partial charge is 0.229 e. The molecule has 0 amide bonds. The van der Waals surface area contributed by atoms with Crippen LogP contribution in [0, 0.1) is 0 Å². The highest BCUT2D eigenvalue weighted by Gasteiger charge is 2.49. The third-order valence-corrected chi connectivity index (χ3v) is 15.7. The van der Waals surface area contributed by atoms with Gasteiger partial charge in [0.25, 0.3) is 0 Å². The molecule has 24 nitrogen and oxygen atoms in total. The van der Waals surface area contributed by atoms with E-state index in [0.29, 0.717) is 38.9 Å². The summed E-state index contributed by atoms with van der Waals surface area (Å²) in [6, 6.07) is 29.6. The Bertz CT molecular complexity index is 3280. The van der Waals surface area contributed by atoms with Gasteiger partial charge in [0.2, 0.25) is 18.9 Å². The maximum atomic E-state index is 12.3. The van der Waals surface area contributed by atoms with Gasteiger partial charge in [0.1, 0.15) is 137 Å². The third-order valence-electron chi connectivity index (χ3n) is 15.7. The van der Waals surface area contributed by atoms with Crippen molar-refractivity contribution >= 4 is 12.2 Å². The van der Waals surface area contributed by atoms with Crippen molar-refractivity contribution in [2.24, 2.45) is 0 Å². The molecule has 5 aliphatic heterocycles. The van der Waals surface area contributed by atoms with Crippen molar-refractivity contribution in [3.8, 4) is 51.7 Å². The summed E-state index contributed by atoms with van der Waals surface area (Å²) < 4.78 is 47.5. The number of rotatable bonds is 15. The lowest BCUT2D eigenvalue weighted by atomic mass is 9.81. The van der Waals surface area contributed by atoms with Crippen LogP contribution in [-0.2, 0) is 14.2 Å². The number of fused-ring (bicyclic) bond motifs is 2. The van der Waals surface area contributed by atoms with Crippen molar-refractivity contribution < 1.29 is 120 Å². The van der Waals surface area contributed by atoms with E-state index in [0.717, 1.165) is 6.07 Å². The molecule has 3 saturated heterocycles. The largest absolute Gasteiger partial charge is 0.508 e. The normalized spacial score (nSPS) is 32.7. The third kappa shape index (κ3) is 11.3.